The number of sulfonamides is 1. The van der Waals surface area contributed by atoms with Crippen molar-refractivity contribution in [2.45, 2.75) is 50.5 Å². The number of amides is 1. The third-order valence-corrected chi connectivity index (χ3v) is 8.04. The number of fused-ring (bicyclic) bond motifs is 1. The van der Waals surface area contributed by atoms with Gasteiger partial charge in [0, 0.05) is 0 Å². The van der Waals surface area contributed by atoms with Crippen LogP contribution in [0.3, 0.4) is 0 Å². The fourth-order valence-electron chi connectivity index (χ4n) is 4.29. The molecule has 0 saturated heterocycles. The summed E-state index contributed by atoms with van der Waals surface area (Å²) in [6.07, 6.45) is 4.20. The lowest BCUT2D eigenvalue weighted by molar-refractivity contribution is -0.120. The smallest absolute Gasteiger partial charge is 0.264 e. The Balaban J connectivity index is 1.57. The summed E-state index contributed by atoms with van der Waals surface area (Å²) in [7, 11) is -3.90. The molecule has 0 unspecified atom stereocenters. The van der Waals surface area contributed by atoms with Gasteiger partial charge in [0.25, 0.3) is 10.0 Å². The Bertz CT molecular complexity index is 1220. The van der Waals surface area contributed by atoms with Crippen molar-refractivity contribution < 1.29 is 13.2 Å². The summed E-state index contributed by atoms with van der Waals surface area (Å²) in [4.78, 5) is 13.2. The first-order chi connectivity index (χ1) is 15.9. The Kier molecular flexibility index (Phi) is 6.84. The summed E-state index contributed by atoms with van der Waals surface area (Å²) in [5.41, 5.74) is 5.33. The van der Waals surface area contributed by atoms with Crippen LogP contribution in [0, 0.1) is 0 Å². The molecule has 1 N–H and O–H groups in total. The lowest BCUT2D eigenvalue weighted by Gasteiger charge is -2.25. The Morgan fingerprint density at radius 2 is 1.67 bits per heavy atom. The number of hydrogen-bond acceptors (Lipinski definition) is 3. The molecule has 0 spiro atoms. The van der Waals surface area contributed by atoms with Gasteiger partial charge in [0.2, 0.25) is 5.91 Å². The second-order valence-corrected chi connectivity index (χ2v) is 10.4. The second kappa shape index (κ2) is 9.79. The van der Waals surface area contributed by atoms with Crippen molar-refractivity contribution in [3.63, 3.8) is 0 Å². The molecule has 0 aromatic heterocycles. The molecule has 172 valence electrons. The zero-order valence-electron chi connectivity index (χ0n) is 19.1. The molecule has 33 heavy (non-hydrogen) atoms. The van der Waals surface area contributed by atoms with E-state index in [4.69, 9.17) is 0 Å². The molecule has 0 aliphatic heterocycles. The highest BCUT2D eigenvalue weighted by Gasteiger charge is 2.27. The summed E-state index contributed by atoms with van der Waals surface area (Å²) in [6, 6.07) is 21.7. The topological polar surface area (TPSA) is 66.5 Å². The van der Waals surface area contributed by atoms with E-state index >= 15 is 0 Å². The van der Waals surface area contributed by atoms with Crippen molar-refractivity contribution in [3.05, 3.63) is 95.1 Å². The number of nitrogens with one attached hydrogen (secondary N) is 1. The van der Waals surface area contributed by atoms with Crippen molar-refractivity contribution in [3.8, 4) is 0 Å². The van der Waals surface area contributed by atoms with Gasteiger partial charge in [-0.2, -0.15) is 0 Å². The van der Waals surface area contributed by atoms with Gasteiger partial charge in [0.1, 0.15) is 6.54 Å². The van der Waals surface area contributed by atoms with Gasteiger partial charge in [-0.15, -0.1) is 0 Å². The van der Waals surface area contributed by atoms with Crippen LogP contribution in [-0.2, 0) is 34.1 Å². The molecule has 1 aliphatic carbocycles. The first kappa shape index (κ1) is 23.1. The summed E-state index contributed by atoms with van der Waals surface area (Å²) in [5, 5.41) is 2.99. The Morgan fingerprint density at radius 1 is 0.970 bits per heavy atom. The lowest BCUT2D eigenvalue weighted by Crippen LogP contribution is -2.41. The second-order valence-electron chi connectivity index (χ2n) is 8.52. The van der Waals surface area contributed by atoms with Gasteiger partial charge in [-0.1, -0.05) is 55.5 Å². The maximum Gasteiger partial charge on any atom is 0.264 e. The molecule has 5 nitrogen and oxygen atoms in total. The van der Waals surface area contributed by atoms with E-state index in [1.165, 1.54) is 21.9 Å². The molecule has 0 heterocycles. The molecule has 6 heteroatoms. The first-order valence-electron chi connectivity index (χ1n) is 11.5. The summed E-state index contributed by atoms with van der Waals surface area (Å²) in [6.45, 7) is 3.68. The minimum absolute atomic E-state index is 0.157. The number of carbonyl (C=O) groups is 1. The SMILES string of the molecule is CCc1ccc(N(CC(=O)N[C@H](C)c2ccc3c(c2)CCC3)S(=O)(=O)c2ccccc2)cc1. The van der Waals surface area contributed by atoms with E-state index < -0.39 is 10.0 Å². The average Bonchev–Trinajstić information content (AvgIpc) is 3.31. The third kappa shape index (κ3) is 5.11. The van der Waals surface area contributed by atoms with Gasteiger partial charge < -0.3 is 5.32 Å². The summed E-state index contributed by atoms with van der Waals surface area (Å²) in [5.74, 6) is -0.345. The van der Waals surface area contributed by atoms with E-state index in [1.54, 1.807) is 42.5 Å². The lowest BCUT2D eigenvalue weighted by atomic mass is 10.0. The maximum absolute atomic E-state index is 13.5. The van der Waals surface area contributed by atoms with Crippen LogP contribution in [0.5, 0.6) is 0 Å². The van der Waals surface area contributed by atoms with Crippen molar-refractivity contribution in [1.29, 1.82) is 0 Å². The Hall–Kier alpha value is -3.12. The number of hydrogen-bond donors (Lipinski definition) is 1. The highest BCUT2D eigenvalue weighted by Crippen LogP contribution is 2.26. The number of aryl methyl sites for hydroxylation is 3. The zero-order valence-corrected chi connectivity index (χ0v) is 19.9. The summed E-state index contributed by atoms with van der Waals surface area (Å²) >= 11 is 0. The van der Waals surface area contributed by atoms with Crippen molar-refractivity contribution in [2.75, 3.05) is 10.8 Å². The van der Waals surface area contributed by atoms with Crippen molar-refractivity contribution in [1.82, 2.24) is 5.32 Å². The normalized spacial score (nSPS) is 13.9. The van der Waals surface area contributed by atoms with Crippen LogP contribution in [-0.4, -0.2) is 20.9 Å². The minimum atomic E-state index is -3.90. The van der Waals surface area contributed by atoms with E-state index in [2.05, 4.69) is 23.5 Å². The molecular formula is C27H30N2O3S. The Labute approximate surface area is 196 Å². The van der Waals surface area contributed by atoms with Crippen molar-refractivity contribution >= 4 is 21.6 Å². The highest BCUT2D eigenvalue weighted by atomic mass is 32.2. The van der Waals surface area contributed by atoms with E-state index in [9.17, 15) is 13.2 Å². The van der Waals surface area contributed by atoms with Gasteiger partial charge in [-0.05, 0) is 79.1 Å². The zero-order chi connectivity index (χ0) is 23.4. The fraction of sp³-hybridized carbons (Fsp3) is 0.296. The highest BCUT2D eigenvalue weighted by molar-refractivity contribution is 7.92. The van der Waals surface area contributed by atoms with Gasteiger partial charge in [-0.3, -0.25) is 9.10 Å². The van der Waals surface area contributed by atoms with Gasteiger partial charge >= 0.3 is 0 Å². The quantitative estimate of drug-likeness (QED) is 0.522. The van der Waals surface area contributed by atoms with E-state index in [0.29, 0.717) is 5.69 Å². The molecule has 4 rings (SSSR count). The van der Waals surface area contributed by atoms with E-state index in [1.807, 2.05) is 26.0 Å². The van der Waals surface area contributed by atoms with E-state index in [-0.39, 0.29) is 23.4 Å². The standard InChI is InChI=1S/C27H30N2O3S/c1-3-21-12-16-25(17-13-21)29(33(31,32)26-10-5-4-6-11-26)19-27(30)28-20(2)23-15-14-22-8-7-9-24(22)18-23/h4-6,10-18,20H,3,7-9,19H2,1-2H3,(H,28,30)/t20-/m1/s1. The first-order valence-corrected chi connectivity index (χ1v) is 12.9. The van der Waals surface area contributed by atoms with E-state index in [0.717, 1.165) is 30.4 Å². The van der Waals surface area contributed by atoms with Crippen LogP contribution in [0.2, 0.25) is 0 Å². The molecule has 0 saturated carbocycles. The molecule has 3 aromatic carbocycles. The molecule has 1 aliphatic rings. The van der Waals surface area contributed by atoms with Crippen molar-refractivity contribution in [2.24, 2.45) is 0 Å². The average molecular weight is 463 g/mol. The van der Waals surface area contributed by atoms with Crippen LogP contribution < -0.4 is 9.62 Å². The van der Waals surface area contributed by atoms with Gasteiger partial charge in [0.05, 0.1) is 16.6 Å². The van der Waals surface area contributed by atoms with Crippen LogP contribution in [0.15, 0.2) is 77.7 Å². The molecule has 0 radical (unpaired) electrons. The molecular weight excluding hydrogens is 432 g/mol. The number of rotatable bonds is 8. The van der Waals surface area contributed by atoms with Crippen LogP contribution in [0.25, 0.3) is 0 Å². The number of nitrogens with zero attached hydrogens (tertiary/aromatic N) is 1. The van der Waals surface area contributed by atoms with Gasteiger partial charge in [0.15, 0.2) is 0 Å². The number of anilines is 1. The molecule has 0 fully saturated rings. The molecule has 1 amide bonds. The predicted molar refractivity (Wildman–Crippen MR) is 132 cm³/mol. The van der Waals surface area contributed by atoms with Gasteiger partial charge in [-0.25, -0.2) is 8.42 Å². The van der Waals surface area contributed by atoms with Crippen LogP contribution >= 0.6 is 0 Å². The maximum atomic E-state index is 13.5. The molecule has 3 aromatic rings. The predicted octanol–water partition coefficient (Wildman–Crippen LogP) is 4.81. The molecule has 1 atom stereocenters. The van der Waals surface area contributed by atoms with Crippen LogP contribution in [0.4, 0.5) is 5.69 Å². The largest absolute Gasteiger partial charge is 0.348 e. The number of benzene rings is 3. The fourth-order valence-corrected chi connectivity index (χ4v) is 5.74. The monoisotopic (exact) mass is 462 g/mol. The third-order valence-electron chi connectivity index (χ3n) is 6.25. The minimum Gasteiger partial charge on any atom is -0.348 e. The number of carbonyl (C=O) groups excluding carboxylic acids is 1. The van der Waals surface area contributed by atoms with Crippen LogP contribution in [0.1, 0.15) is 48.6 Å². The molecule has 0 bridgehead atoms. The Morgan fingerprint density at radius 3 is 2.36 bits per heavy atom. The summed E-state index contributed by atoms with van der Waals surface area (Å²) < 4.78 is 28.1.